The number of alkyl halides is 1. The summed E-state index contributed by atoms with van der Waals surface area (Å²) in [6.07, 6.45) is 0. The third-order valence-electron chi connectivity index (χ3n) is 3.59. The van der Waals surface area contributed by atoms with E-state index in [0.717, 1.165) is 37.0 Å². The van der Waals surface area contributed by atoms with Crippen LogP contribution in [0.25, 0.3) is 0 Å². The standard InChI is InChI=1S/C15H18ClN3S/c1-12-3-2-4-14(9-12)18-5-7-19(8-6-18)15-17-13(10-16)11-20-15/h2-4,9,11H,5-8,10H2,1H3. The van der Waals surface area contributed by atoms with Crippen LogP contribution in [0.1, 0.15) is 11.3 Å². The fraction of sp³-hybridized carbons (Fsp3) is 0.400. The zero-order valence-electron chi connectivity index (χ0n) is 11.6. The third-order valence-corrected chi connectivity index (χ3v) is 4.82. The number of hydrogen-bond donors (Lipinski definition) is 0. The van der Waals surface area contributed by atoms with Crippen LogP contribution in [-0.2, 0) is 5.88 Å². The van der Waals surface area contributed by atoms with E-state index in [1.54, 1.807) is 11.3 Å². The molecule has 0 amide bonds. The van der Waals surface area contributed by atoms with Crippen molar-refractivity contribution in [3.8, 4) is 0 Å². The Labute approximate surface area is 128 Å². The molecule has 1 aliphatic rings. The number of aryl methyl sites for hydroxylation is 1. The molecule has 1 aliphatic heterocycles. The van der Waals surface area contributed by atoms with Crippen LogP contribution in [0.4, 0.5) is 10.8 Å². The topological polar surface area (TPSA) is 19.4 Å². The number of thiazole rings is 1. The van der Waals surface area contributed by atoms with Gasteiger partial charge in [-0.2, -0.15) is 0 Å². The molecule has 2 heterocycles. The van der Waals surface area contributed by atoms with E-state index in [9.17, 15) is 0 Å². The highest BCUT2D eigenvalue weighted by atomic mass is 35.5. The number of piperazine rings is 1. The van der Waals surface area contributed by atoms with Gasteiger partial charge >= 0.3 is 0 Å². The van der Waals surface area contributed by atoms with Gasteiger partial charge in [0.05, 0.1) is 11.6 Å². The summed E-state index contributed by atoms with van der Waals surface area (Å²) in [7, 11) is 0. The molecular formula is C15H18ClN3S. The van der Waals surface area contributed by atoms with Crippen molar-refractivity contribution in [2.45, 2.75) is 12.8 Å². The summed E-state index contributed by atoms with van der Waals surface area (Å²) in [5, 5.41) is 3.15. The molecule has 0 aliphatic carbocycles. The second-order valence-corrected chi connectivity index (χ2v) is 6.17. The molecule has 3 nitrogen and oxygen atoms in total. The first-order valence-corrected chi connectivity index (χ1v) is 8.24. The van der Waals surface area contributed by atoms with Gasteiger partial charge in [0, 0.05) is 37.2 Å². The molecule has 5 heteroatoms. The van der Waals surface area contributed by atoms with E-state index < -0.39 is 0 Å². The maximum atomic E-state index is 5.81. The Morgan fingerprint density at radius 3 is 2.60 bits per heavy atom. The molecule has 1 saturated heterocycles. The largest absolute Gasteiger partial charge is 0.368 e. The molecular weight excluding hydrogens is 290 g/mol. The summed E-state index contributed by atoms with van der Waals surface area (Å²) in [5.41, 5.74) is 3.62. The Balaban J connectivity index is 1.64. The number of nitrogens with zero attached hydrogens (tertiary/aromatic N) is 3. The lowest BCUT2D eigenvalue weighted by Crippen LogP contribution is -2.46. The number of rotatable bonds is 3. The van der Waals surface area contributed by atoms with Gasteiger partial charge in [-0.3, -0.25) is 0 Å². The molecule has 0 atom stereocenters. The molecule has 3 rings (SSSR count). The minimum atomic E-state index is 0.500. The number of halogens is 1. The number of benzene rings is 1. The van der Waals surface area contributed by atoms with Gasteiger partial charge in [-0.15, -0.1) is 22.9 Å². The highest BCUT2D eigenvalue weighted by molar-refractivity contribution is 7.13. The number of anilines is 2. The van der Waals surface area contributed by atoms with Crippen molar-refractivity contribution in [1.82, 2.24) is 4.98 Å². The molecule has 1 aromatic carbocycles. The van der Waals surface area contributed by atoms with Gasteiger partial charge in [-0.25, -0.2) is 4.98 Å². The third kappa shape index (κ3) is 2.91. The Hall–Kier alpha value is -1.26. The normalized spacial score (nSPS) is 15.7. The van der Waals surface area contributed by atoms with E-state index in [1.807, 2.05) is 0 Å². The molecule has 106 valence electrons. The predicted octanol–water partition coefficient (Wildman–Crippen LogP) is 3.52. The van der Waals surface area contributed by atoms with E-state index in [4.69, 9.17) is 11.6 Å². The van der Waals surface area contributed by atoms with E-state index in [2.05, 4.69) is 51.4 Å². The molecule has 20 heavy (non-hydrogen) atoms. The second-order valence-electron chi connectivity index (χ2n) is 5.07. The molecule has 0 saturated carbocycles. The molecule has 0 N–H and O–H groups in total. The number of hydrogen-bond acceptors (Lipinski definition) is 4. The number of aromatic nitrogens is 1. The Bertz CT molecular complexity index is 576. The molecule has 0 bridgehead atoms. The van der Waals surface area contributed by atoms with Crippen LogP contribution in [-0.4, -0.2) is 31.2 Å². The van der Waals surface area contributed by atoms with E-state index in [0.29, 0.717) is 5.88 Å². The van der Waals surface area contributed by atoms with Gasteiger partial charge in [0.1, 0.15) is 0 Å². The van der Waals surface area contributed by atoms with Gasteiger partial charge in [0.15, 0.2) is 5.13 Å². The van der Waals surface area contributed by atoms with Crippen molar-refractivity contribution in [1.29, 1.82) is 0 Å². The first-order chi connectivity index (χ1) is 9.76. The SMILES string of the molecule is Cc1cccc(N2CCN(c3nc(CCl)cs3)CC2)c1. The lowest BCUT2D eigenvalue weighted by Gasteiger charge is -2.36. The van der Waals surface area contributed by atoms with Crippen LogP contribution in [0.5, 0.6) is 0 Å². The summed E-state index contributed by atoms with van der Waals surface area (Å²) >= 11 is 7.51. The maximum absolute atomic E-state index is 5.81. The van der Waals surface area contributed by atoms with Crippen molar-refractivity contribution in [3.63, 3.8) is 0 Å². The average Bonchev–Trinajstić information content (AvgIpc) is 2.96. The zero-order valence-corrected chi connectivity index (χ0v) is 13.1. The minimum Gasteiger partial charge on any atom is -0.368 e. The van der Waals surface area contributed by atoms with Gasteiger partial charge in [-0.1, -0.05) is 12.1 Å². The molecule has 0 radical (unpaired) electrons. The molecule has 0 spiro atoms. The molecule has 1 aromatic heterocycles. The summed E-state index contributed by atoms with van der Waals surface area (Å²) in [6, 6.07) is 8.72. The smallest absolute Gasteiger partial charge is 0.185 e. The lowest BCUT2D eigenvalue weighted by atomic mass is 10.2. The lowest BCUT2D eigenvalue weighted by molar-refractivity contribution is 0.651. The Morgan fingerprint density at radius 1 is 1.20 bits per heavy atom. The van der Waals surface area contributed by atoms with Crippen LogP contribution in [0.15, 0.2) is 29.6 Å². The highest BCUT2D eigenvalue weighted by Crippen LogP contribution is 2.24. The Kier molecular flexibility index (Phi) is 4.13. The average molecular weight is 308 g/mol. The van der Waals surface area contributed by atoms with Crippen LogP contribution in [0.3, 0.4) is 0 Å². The van der Waals surface area contributed by atoms with Gasteiger partial charge in [-0.05, 0) is 24.6 Å². The van der Waals surface area contributed by atoms with Gasteiger partial charge in [0.25, 0.3) is 0 Å². The summed E-state index contributed by atoms with van der Waals surface area (Å²) in [5.74, 6) is 0.500. The van der Waals surface area contributed by atoms with Crippen molar-refractivity contribution in [2.75, 3.05) is 36.0 Å². The fourth-order valence-electron chi connectivity index (χ4n) is 2.48. The zero-order chi connectivity index (χ0) is 13.9. The van der Waals surface area contributed by atoms with Gasteiger partial charge in [0.2, 0.25) is 0 Å². The van der Waals surface area contributed by atoms with E-state index in [1.165, 1.54) is 11.3 Å². The summed E-state index contributed by atoms with van der Waals surface area (Å²) in [4.78, 5) is 9.36. The van der Waals surface area contributed by atoms with E-state index in [-0.39, 0.29) is 0 Å². The summed E-state index contributed by atoms with van der Waals surface area (Å²) in [6.45, 7) is 6.26. The van der Waals surface area contributed by atoms with Gasteiger partial charge < -0.3 is 9.80 Å². The maximum Gasteiger partial charge on any atom is 0.185 e. The predicted molar refractivity (Wildman–Crippen MR) is 87.3 cm³/mol. The monoisotopic (exact) mass is 307 g/mol. The van der Waals surface area contributed by atoms with Crippen LogP contribution >= 0.6 is 22.9 Å². The minimum absolute atomic E-state index is 0.500. The highest BCUT2D eigenvalue weighted by Gasteiger charge is 2.19. The van der Waals surface area contributed by atoms with Crippen LogP contribution in [0.2, 0.25) is 0 Å². The molecule has 1 fully saturated rings. The first kappa shape index (κ1) is 13.7. The molecule has 2 aromatic rings. The van der Waals surface area contributed by atoms with Crippen molar-refractivity contribution < 1.29 is 0 Å². The Morgan fingerprint density at radius 2 is 1.95 bits per heavy atom. The van der Waals surface area contributed by atoms with Crippen molar-refractivity contribution >= 4 is 33.8 Å². The van der Waals surface area contributed by atoms with E-state index >= 15 is 0 Å². The molecule has 0 unspecified atom stereocenters. The first-order valence-electron chi connectivity index (χ1n) is 6.83. The van der Waals surface area contributed by atoms with Crippen molar-refractivity contribution in [3.05, 3.63) is 40.9 Å². The van der Waals surface area contributed by atoms with Crippen LogP contribution < -0.4 is 9.80 Å². The van der Waals surface area contributed by atoms with Crippen LogP contribution in [0, 0.1) is 6.92 Å². The van der Waals surface area contributed by atoms with Crippen molar-refractivity contribution in [2.24, 2.45) is 0 Å². The fourth-order valence-corrected chi connectivity index (χ4v) is 3.59. The second kappa shape index (κ2) is 6.02. The quantitative estimate of drug-likeness (QED) is 0.809. The summed E-state index contributed by atoms with van der Waals surface area (Å²) < 4.78 is 0.